The highest BCUT2D eigenvalue weighted by molar-refractivity contribution is 7.99. The quantitative estimate of drug-likeness (QED) is 0.506. The fourth-order valence-corrected chi connectivity index (χ4v) is 4.48. The number of benzene rings is 1. The Morgan fingerprint density at radius 1 is 1.21 bits per heavy atom. The van der Waals surface area contributed by atoms with Gasteiger partial charge in [0.15, 0.2) is 11.0 Å². The van der Waals surface area contributed by atoms with E-state index in [1.54, 1.807) is 11.3 Å². The lowest BCUT2D eigenvalue weighted by Gasteiger charge is -2.10. The van der Waals surface area contributed by atoms with Crippen LogP contribution in [0.1, 0.15) is 36.3 Å². The van der Waals surface area contributed by atoms with Gasteiger partial charge in [-0.1, -0.05) is 37.7 Å². The number of rotatable bonds is 8. The van der Waals surface area contributed by atoms with E-state index in [1.165, 1.54) is 16.6 Å². The minimum atomic E-state index is -0.0323. The molecule has 3 rings (SSSR count). The summed E-state index contributed by atoms with van der Waals surface area (Å²) in [5, 5.41) is 14.7. The minimum absolute atomic E-state index is 0.0323. The first-order valence-electron chi connectivity index (χ1n) is 9.52. The van der Waals surface area contributed by atoms with Crippen LogP contribution in [0.4, 0.5) is 5.69 Å². The molecule has 148 valence electrons. The van der Waals surface area contributed by atoms with Crippen LogP contribution in [0.25, 0.3) is 11.4 Å². The van der Waals surface area contributed by atoms with Crippen molar-refractivity contribution in [3.8, 4) is 11.4 Å². The molecular weight excluding hydrogens is 388 g/mol. The molecule has 1 amide bonds. The Kier molecular flexibility index (Phi) is 6.91. The van der Waals surface area contributed by atoms with Gasteiger partial charge in [-0.05, 0) is 49.9 Å². The summed E-state index contributed by atoms with van der Waals surface area (Å²) in [5.41, 5.74) is 4.16. The van der Waals surface area contributed by atoms with E-state index >= 15 is 0 Å². The van der Waals surface area contributed by atoms with Gasteiger partial charge in [-0.15, -0.1) is 21.5 Å². The molecule has 28 heavy (non-hydrogen) atoms. The number of thioether (sulfide) groups is 1. The number of hydrogen-bond donors (Lipinski definition) is 1. The average Bonchev–Trinajstić information content (AvgIpc) is 3.30. The van der Waals surface area contributed by atoms with Crippen LogP contribution in [-0.4, -0.2) is 26.4 Å². The molecule has 0 saturated carbocycles. The van der Waals surface area contributed by atoms with Crippen LogP contribution in [0.15, 0.2) is 34.8 Å². The van der Waals surface area contributed by atoms with Gasteiger partial charge >= 0.3 is 0 Å². The maximum Gasteiger partial charge on any atom is 0.234 e. The van der Waals surface area contributed by atoms with E-state index < -0.39 is 0 Å². The maximum absolute atomic E-state index is 12.4. The van der Waals surface area contributed by atoms with Crippen molar-refractivity contribution in [3.05, 3.63) is 45.6 Å². The zero-order valence-electron chi connectivity index (χ0n) is 16.8. The van der Waals surface area contributed by atoms with Crippen molar-refractivity contribution in [2.45, 2.75) is 52.2 Å². The Morgan fingerprint density at radius 2 is 2.04 bits per heavy atom. The Balaban J connectivity index is 1.71. The first-order valence-corrected chi connectivity index (χ1v) is 11.4. The molecule has 3 aromatic rings. The molecule has 0 spiro atoms. The third-order valence-corrected chi connectivity index (χ3v) is 6.47. The zero-order valence-corrected chi connectivity index (χ0v) is 18.4. The van der Waals surface area contributed by atoms with E-state index in [2.05, 4.69) is 45.4 Å². The Hall–Kier alpha value is -2.12. The summed E-state index contributed by atoms with van der Waals surface area (Å²) in [5.74, 6) is 1.16. The van der Waals surface area contributed by atoms with E-state index in [1.807, 2.05) is 32.0 Å². The molecule has 0 bridgehead atoms. The molecule has 0 unspecified atom stereocenters. The van der Waals surface area contributed by atoms with Gasteiger partial charge in [0.1, 0.15) is 0 Å². The van der Waals surface area contributed by atoms with Crippen LogP contribution in [0.3, 0.4) is 0 Å². The van der Waals surface area contributed by atoms with E-state index in [0.717, 1.165) is 52.7 Å². The van der Waals surface area contributed by atoms with Gasteiger partial charge in [0, 0.05) is 28.1 Å². The summed E-state index contributed by atoms with van der Waals surface area (Å²) in [6.45, 7) is 9.14. The lowest BCUT2D eigenvalue weighted by Crippen LogP contribution is -2.15. The first kappa shape index (κ1) is 20.6. The lowest BCUT2D eigenvalue weighted by atomic mass is 10.1. The SMILES string of the molecule is CCCn1c(SCC(=O)Nc2cc(C)ccc2C)nnc1-c1csc(CC)c1. The molecule has 2 aromatic heterocycles. The van der Waals surface area contributed by atoms with Gasteiger partial charge in [-0.3, -0.25) is 4.79 Å². The summed E-state index contributed by atoms with van der Waals surface area (Å²) in [6.07, 6.45) is 2.00. The molecule has 0 aliphatic heterocycles. The number of carbonyl (C=O) groups is 1. The minimum Gasteiger partial charge on any atom is -0.325 e. The van der Waals surface area contributed by atoms with Crippen molar-refractivity contribution in [1.82, 2.24) is 14.8 Å². The average molecular weight is 415 g/mol. The van der Waals surface area contributed by atoms with E-state index in [-0.39, 0.29) is 5.91 Å². The number of amides is 1. The van der Waals surface area contributed by atoms with Gasteiger partial charge in [-0.25, -0.2) is 0 Å². The molecule has 5 nitrogen and oxygen atoms in total. The summed E-state index contributed by atoms with van der Waals surface area (Å²) in [4.78, 5) is 13.8. The molecule has 1 N–H and O–H groups in total. The topological polar surface area (TPSA) is 59.8 Å². The predicted octanol–water partition coefficient (Wildman–Crippen LogP) is 5.33. The van der Waals surface area contributed by atoms with Crippen LogP contribution in [0, 0.1) is 13.8 Å². The summed E-state index contributed by atoms with van der Waals surface area (Å²) >= 11 is 3.18. The number of aryl methyl sites for hydroxylation is 3. The molecular formula is C21H26N4OS2. The van der Waals surface area contributed by atoms with Gasteiger partial charge in [0.2, 0.25) is 5.91 Å². The number of thiophene rings is 1. The lowest BCUT2D eigenvalue weighted by molar-refractivity contribution is -0.113. The van der Waals surface area contributed by atoms with Crippen molar-refractivity contribution in [2.24, 2.45) is 0 Å². The number of anilines is 1. The van der Waals surface area contributed by atoms with Crippen molar-refractivity contribution in [1.29, 1.82) is 0 Å². The highest BCUT2D eigenvalue weighted by atomic mass is 32.2. The highest BCUT2D eigenvalue weighted by Crippen LogP contribution is 2.28. The first-order chi connectivity index (χ1) is 13.5. The molecule has 2 heterocycles. The normalized spacial score (nSPS) is 11.0. The van der Waals surface area contributed by atoms with Gasteiger partial charge in [0.05, 0.1) is 5.75 Å². The standard InChI is InChI=1S/C21H26N4OS2/c1-5-9-25-20(16-11-17(6-2)27-12-16)23-24-21(25)28-13-19(26)22-18-10-14(3)7-8-15(18)4/h7-8,10-12H,5-6,9,13H2,1-4H3,(H,22,26). The van der Waals surface area contributed by atoms with E-state index in [4.69, 9.17) is 0 Å². The predicted molar refractivity (Wildman–Crippen MR) is 118 cm³/mol. The van der Waals surface area contributed by atoms with E-state index in [0.29, 0.717) is 5.75 Å². The molecule has 0 fully saturated rings. The van der Waals surface area contributed by atoms with Crippen molar-refractivity contribution >= 4 is 34.7 Å². The summed E-state index contributed by atoms with van der Waals surface area (Å²) < 4.78 is 2.12. The van der Waals surface area contributed by atoms with Crippen LogP contribution in [0.2, 0.25) is 0 Å². The number of nitrogens with zero attached hydrogens (tertiary/aromatic N) is 3. The second-order valence-electron chi connectivity index (χ2n) is 6.77. The Morgan fingerprint density at radius 3 is 2.75 bits per heavy atom. The second-order valence-corrected chi connectivity index (χ2v) is 8.71. The van der Waals surface area contributed by atoms with Crippen LogP contribution >= 0.6 is 23.1 Å². The Bertz CT molecular complexity index is 961. The van der Waals surface area contributed by atoms with Gasteiger partial charge in [-0.2, -0.15) is 0 Å². The summed E-state index contributed by atoms with van der Waals surface area (Å²) in [7, 11) is 0. The van der Waals surface area contributed by atoms with Gasteiger partial charge in [0.25, 0.3) is 0 Å². The highest BCUT2D eigenvalue weighted by Gasteiger charge is 2.16. The second kappa shape index (κ2) is 9.39. The molecule has 7 heteroatoms. The van der Waals surface area contributed by atoms with Gasteiger partial charge < -0.3 is 9.88 Å². The molecule has 0 saturated heterocycles. The fraction of sp³-hybridized carbons (Fsp3) is 0.381. The van der Waals surface area contributed by atoms with E-state index in [9.17, 15) is 4.79 Å². The number of hydrogen-bond acceptors (Lipinski definition) is 5. The monoisotopic (exact) mass is 414 g/mol. The number of nitrogens with one attached hydrogen (secondary N) is 1. The third kappa shape index (κ3) is 4.83. The van der Waals surface area contributed by atoms with Crippen molar-refractivity contribution in [2.75, 3.05) is 11.1 Å². The Labute approximate surface area is 174 Å². The largest absolute Gasteiger partial charge is 0.325 e. The maximum atomic E-state index is 12.4. The fourth-order valence-electron chi connectivity index (χ4n) is 2.90. The number of carbonyl (C=O) groups excluding carboxylic acids is 1. The third-order valence-electron chi connectivity index (χ3n) is 4.42. The van der Waals surface area contributed by atoms with Crippen molar-refractivity contribution in [3.63, 3.8) is 0 Å². The van der Waals surface area contributed by atoms with Crippen LogP contribution in [0.5, 0.6) is 0 Å². The van der Waals surface area contributed by atoms with Crippen molar-refractivity contribution < 1.29 is 4.79 Å². The number of aromatic nitrogens is 3. The molecule has 1 aromatic carbocycles. The van der Waals surface area contributed by atoms with Crippen LogP contribution in [-0.2, 0) is 17.8 Å². The molecule has 0 atom stereocenters. The molecule has 0 radical (unpaired) electrons. The van der Waals surface area contributed by atoms with Crippen LogP contribution < -0.4 is 5.32 Å². The smallest absolute Gasteiger partial charge is 0.234 e. The molecule has 0 aliphatic carbocycles. The zero-order chi connectivity index (χ0) is 20.1. The summed E-state index contributed by atoms with van der Waals surface area (Å²) in [6, 6.07) is 8.25. The molecule has 0 aliphatic rings.